The molecule has 0 spiro atoms. The lowest BCUT2D eigenvalue weighted by molar-refractivity contribution is -0.126. The van der Waals surface area contributed by atoms with Gasteiger partial charge in [-0.2, -0.15) is 5.10 Å². The summed E-state index contributed by atoms with van der Waals surface area (Å²) in [5.74, 6) is 5.45. The topological polar surface area (TPSA) is 56.1 Å². The molecule has 2 atom stereocenters. The van der Waals surface area contributed by atoms with Crippen molar-refractivity contribution in [1.82, 2.24) is 15.1 Å². The fraction of sp³-hybridized carbons (Fsp3) is 0.400. The van der Waals surface area contributed by atoms with Crippen LogP contribution in [-0.2, 0) is 9.53 Å². The summed E-state index contributed by atoms with van der Waals surface area (Å²) in [6, 6.07) is 10.00. The highest BCUT2D eigenvalue weighted by Gasteiger charge is 2.38. The molecular formula is C20H23N3O2. The van der Waals surface area contributed by atoms with Gasteiger partial charge < -0.3 is 10.1 Å². The zero-order valence-electron chi connectivity index (χ0n) is 14.9. The van der Waals surface area contributed by atoms with E-state index < -0.39 is 0 Å². The van der Waals surface area contributed by atoms with Gasteiger partial charge in [0.25, 0.3) is 0 Å². The molecule has 1 aromatic heterocycles. The molecule has 1 aromatic carbocycles. The molecule has 0 radical (unpaired) electrons. The van der Waals surface area contributed by atoms with Crippen LogP contribution in [0.15, 0.2) is 30.3 Å². The van der Waals surface area contributed by atoms with Gasteiger partial charge in [-0.1, -0.05) is 24.1 Å². The van der Waals surface area contributed by atoms with Crippen molar-refractivity contribution in [3.05, 3.63) is 47.3 Å². The third-order valence-electron chi connectivity index (χ3n) is 4.59. The minimum Gasteiger partial charge on any atom is -0.373 e. The van der Waals surface area contributed by atoms with Crippen LogP contribution in [0.1, 0.15) is 36.4 Å². The third-order valence-corrected chi connectivity index (χ3v) is 4.59. The number of nitrogens with zero attached hydrogens (tertiary/aromatic N) is 2. The second kappa shape index (κ2) is 7.54. The highest BCUT2D eigenvalue weighted by Crippen LogP contribution is 2.38. The maximum Gasteiger partial charge on any atom is 0.226 e. The van der Waals surface area contributed by atoms with Crippen LogP contribution in [0, 0.1) is 31.6 Å². The zero-order valence-corrected chi connectivity index (χ0v) is 14.9. The van der Waals surface area contributed by atoms with Crippen molar-refractivity contribution in [2.45, 2.75) is 33.3 Å². The lowest BCUT2D eigenvalue weighted by atomic mass is 9.93. The number of carbonyl (C=O) groups is 1. The fourth-order valence-electron chi connectivity index (χ4n) is 3.38. The number of ether oxygens (including phenoxy) is 1. The van der Waals surface area contributed by atoms with Gasteiger partial charge in [0.05, 0.1) is 29.9 Å². The van der Waals surface area contributed by atoms with Gasteiger partial charge in [0, 0.05) is 17.9 Å². The first-order chi connectivity index (χ1) is 12.1. The largest absolute Gasteiger partial charge is 0.373 e. The van der Waals surface area contributed by atoms with Gasteiger partial charge in [0.1, 0.15) is 0 Å². The number of hydrogen-bond acceptors (Lipinski definition) is 3. The van der Waals surface area contributed by atoms with Gasteiger partial charge in [0.15, 0.2) is 0 Å². The van der Waals surface area contributed by atoms with Crippen LogP contribution in [0.3, 0.4) is 0 Å². The molecule has 130 valence electrons. The first-order valence-electron chi connectivity index (χ1n) is 8.54. The summed E-state index contributed by atoms with van der Waals surface area (Å²) in [4.78, 5) is 12.5. The second-order valence-electron chi connectivity index (χ2n) is 6.16. The number of aromatic nitrogens is 2. The van der Waals surface area contributed by atoms with E-state index in [1.54, 1.807) is 6.92 Å². The highest BCUT2D eigenvalue weighted by molar-refractivity contribution is 5.80. The van der Waals surface area contributed by atoms with E-state index in [0.29, 0.717) is 19.6 Å². The van der Waals surface area contributed by atoms with Gasteiger partial charge in [-0.3, -0.25) is 4.79 Å². The summed E-state index contributed by atoms with van der Waals surface area (Å²) < 4.78 is 7.86. The Hall–Kier alpha value is -2.58. The van der Waals surface area contributed by atoms with Gasteiger partial charge in [-0.25, -0.2) is 4.68 Å². The normalized spacial score (nSPS) is 19.3. The SMILES string of the molecule is CC#CCNC(=O)[C@H]1CCO[C@@H]1c1c(C)nn(-c2ccccc2)c1C. The van der Waals surface area contributed by atoms with Crippen molar-refractivity contribution in [3.8, 4) is 17.5 Å². The molecule has 5 nitrogen and oxygen atoms in total. The van der Waals surface area contributed by atoms with Crippen LogP contribution >= 0.6 is 0 Å². The van der Waals surface area contributed by atoms with Crippen LogP contribution in [0.4, 0.5) is 0 Å². The van der Waals surface area contributed by atoms with Crippen molar-refractivity contribution < 1.29 is 9.53 Å². The number of amides is 1. The van der Waals surface area contributed by atoms with Crippen LogP contribution < -0.4 is 5.32 Å². The molecule has 1 saturated heterocycles. The Morgan fingerprint density at radius 3 is 2.84 bits per heavy atom. The minimum absolute atomic E-state index is 0.00323. The Morgan fingerprint density at radius 2 is 2.12 bits per heavy atom. The quantitative estimate of drug-likeness (QED) is 0.873. The molecule has 0 unspecified atom stereocenters. The van der Waals surface area contributed by atoms with E-state index in [-0.39, 0.29) is 17.9 Å². The average molecular weight is 337 g/mol. The summed E-state index contributed by atoms with van der Waals surface area (Å²) in [5.41, 5.74) is 3.94. The molecule has 1 aliphatic heterocycles. The molecule has 2 heterocycles. The van der Waals surface area contributed by atoms with E-state index in [2.05, 4.69) is 22.3 Å². The van der Waals surface area contributed by atoms with E-state index in [9.17, 15) is 4.79 Å². The summed E-state index contributed by atoms with van der Waals surface area (Å²) >= 11 is 0. The van der Waals surface area contributed by atoms with Gasteiger partial charge in [-0.15, -0.1) is 5.92 Å². The molecule has 0 bridgehead atoms. The molecule has 0 saturated carbocycles. The number of hydrogen-bond donors (Lipinski definition) is 1. The number of carbonyl (C=O) groups excluding carboxylic acids is 1. The number of nitrogens with one attached hydrogen (secondary N) is 1. The van der Waals surface area contributed by atoms with E-state index in [4.69, 9.17) is 4.74 Å². The number of rotatable bonds is 4. The molecule has 3 rings (SSSR count). The molecule has 1 amide bonds. The van der Waals surface area contributed by atoms with E-state index in [1.807, 2.05) is 48.9 Å². The van der Waals surface area contributed by atoms with Gasteiger partial charge in [-0.05, 0) is 39.3 Å². The van der Waals surface area contributed by atoms with Crippen molar-refractivity contribution in [2.75, 3.05) is 13.2 Å². The molecule has 1 N–H and O–H groups in total. The van der Waals surface area contributed by atoms with E-state index in [1.165, 1.54) is 0 Å². The van der Waals surface area contributed by atoms with Crippen molar-refractivity contribution in [3.63, 3.8) is 0 Å². The maximum absolute atomic E-state index is 12.5. The Kier molecular flexibility index (Phi) is 5.20. The zero-order chi connectivity index (χ0) is 17.8. The third kappa shape index (κ3) is 3.45. The first kappa shape index (κ1) is 17.2. The average Bonchev–Trinajstić information content (AvgIpc) is 3.20. The monoisotopic (exact) mass is 337 g/mol. The van der Waals surface area contributed by atoms with Crippen molar-refractivity contribution in [2.24, 2.45) is 5.92 Å². The van der Waals surface area contributed by atoms with Crippen LogP contribution in [0.25, 0.3) is 5.69 Å². The molecular weight excluding hydrogens is 314 g/mol. The highest BCUT2D eigenvalue weighted by atomic mass is 16.5. The lowest BCUT2D eigenvalue weighted by Crippen LogP contribution is -2.32. The van der Waals surface area contributed by atoms with Gasteiger partial charge in [0.2, 0.25) is 5.91 Å². The molecule has 2 aromatic rings. The molecule has 0 aliphatic carbocycles. The van der Waals surface area contributed by atoms with Crippen LogP contribution in [0.5, 0.6) is 0 Å². The Labute approximate surface area is 148 Å². The smallest absolute Gasteiger partial charge is 0.226 e. The van der Waals surface area contributed by atoms with Crippen molar-refractivity contribution >= 4 is 5.91 Å². The number of para-hydroxylation sites is 1. The van der Waals surface area contributed by atoms with Crippen molar-refractivity contribution in [1.29, 1.82) is 0 Å². The first-order valence-corrected chi connectivity index (χ1v) is 8.54. The number of aryl methyl sites for hydroxylation is 1. The lowest BCUT2D eigenvalue weighted by Gasteiger charge is -2.18. The minimum atomic E-state index is -0.257. The standard InChI is InChI=1S/C20H23N3O2/c1-4-5-12-21-20(24)17-11-13-25-19(17)18-14(2)22-23(15(18)3)16-9-7-6-8-10-16/h6-10,17,19H,11-13H2,1-3H3,(H,21,24)/t17-,19-/m0/s1. The Balaban J connectivity index is 1.89. The molecule has 1 fully saturated rings. The second-order valence-corrected chi connectivity index (χ2v) is 6.16. The summed E-state index contributed by atoms with van der Waals surface area (Å²) in [7, 11) is 0. The maximum atomic E-state index is 12.5. The van der Waals surface area contributed by atoms with Crippen LogP contribution in [0.2, 0.25) is 0 Å². The summed E-state index contributed by atoms with van der Waals surface area (Å²) in [6.45, 7) is 6.72. The molecule has 25 heavy (non-hydrogen) atoms. The summed E-state index contributed by atoms with van der Waals surface area (Å²) in [6.07, 6.45) is 0.456. The molecule has 5 heteroatoms. The fourth-order valence-corrected chi connectivity index (χ4v) is 3.38. The number of benzene rings is 1. The van der Waals surface area contributed by atoms with Crippen LogP contribution in [-0.4, -0.2) is 28.8 Å². The Morgan fingerprint density at radius 1 is 1.36 bits per heavy atom. The predicted octanol–water partition coefficient (Wildman–Crippen LogP) is 2.71. The van der Waals surface area contributed by atoms with Gasteiger partial charge >= 0.3 is 0 Å². The van der Waals surface area contributed by atoms with E-state index in [0.717, 1.165) is 22.6 Å². The summed E-state index contributed by atoms with van der Waals surface area (Å²) in [5, 5.41) is 7.56. The Bertz CT molecular complexity index is 815. The van der Waals surface area contributed by atoms with E-state index >= 15 is 0 Å². The molecule has 1 aliphatic rings. The predicted molar refractivity (Wildman–Crippen MR) is 96.3 cm³/mol.